The number of fused-ring (bicyclic) bond motifs is 1. The van der Waals surface area contributed by atoms with Gasteiger partial charge in [-0.3, -0.25) is 10.1 Å². The molecule has 0 aromatic heterocycles. The summed E-state index contributed by atoms with van der Waals surface area (Å²) >= 11 is 0. The maximum absolute atomic E-state index is 11.9. The summed E-state index contributed by atoms with van der Waals surface area (Å²) in [6, 6.07) is 0.361. The molecule has 0 radical (unpaired) electrons. The Morgan fingerprint density at radius 3 is 2.92 bits per heavy atom. The predicted octanol–water partition coefficient (Wildman–Crippen LogP) is 0.953. The summed E-state index contributed by atoms with van der Waals surface area (Å²) in [5.41, 5.74) is -0.0526. The maximum Gasteiger partial charge on any atom is 0.227 e. The highest BCUT2D eigenvalue weighted by atomic mass is 16.2. The molecule has 2 heterocycles. The number of piperidine rings is 1. The quantitative estimate of drug-likeness (QED) is 0.605. The Morgan fingerprint density at radius 2 is 2.23 bits per heavy atom. The van der Waals surface area contributed by atoms with Gasteiger partial charge in [-0.2, -0.15) is 0 Å². The van der Waals surface area contributed by atoms with Crippen LogP contribution in [0.5, 0.6) is 0 Å². The van der Waals surface area contributed by atoms with Crippen LogP contribution in [0.25, 0.3) is 0 Å². The van der Waals surface area contributed by atoms with Gasteiger partial charge in [-0.05, 0) is 26.7 Å². The highest BCUT2D eigenvalue weighted by molar-refractivity contribution is 5.80. The van der Waals surface area contributed by atoms with Gasteiger partial charge in [0.15, 0.2) is 0 Å². The van der Waals surface area contributed by atoms with Crippen LogP contribution < -0.4 is 5.32 Å². The second kappa shape index (κ2) is 2.71. The third-order valence-electron chi connectivity index (χ3n) is 3.47. The van der Waals surface area contributed by atoms with Gasteiger partial charge in [-0.25, -0.2) is 0 Å². The fourth-order valence-electron chi connectivity index (χ4n) is 2.56. The molecule has 13 heavy (non-hydrogen) atoms. The van der Waals surface area contributed by atoms with Crippen molar-refractivity contribution in [3.05, 3.63) is 0 Å². The number of amides is 1. The van der Waals surface area contributed by atoms with E-state index in [9.17, 15) is 4.79 Å². The second-order valence-electron chi connectivity index (χ2n) is 4.65. The Morgan fingerprint density at radius 1 is 1.54 bits per heavy atom. The Hall–Kier alpha value is -0.570. The largest absolute Gasteiger partial charge is 0.321 e. The molecule has 0 bridgehead atoms. The Balaban J connectivity index is 2.27. The van der Waals surface area contributed by atoms with Gasteiger partial charge < -0.3 is 4.90 Å². The zero-order chi connectivity index (χ0) is 9.64. The topological polar surface area (TPSA) is 32.3 Å². The number of carbonyl (C=O) groups excluding carboxylic acids is 1. The molecular formula is C10H18N2O. The lowest BCUT2D eigenvalue weighted by Crippen LogP contribution is -2.57. The molecule has 3 atom stereocenters. The third-order valence-corrected chi connectivity index (χ3v) is 3.47. The normalized spacial score (nSPS) is 45.2. The first-order valence-corrected chi connectivity index (χ1v) is 5.13. The molecule has 1 N–H and O–H groups in total. The molecule has 0 spiro atoms. The van der Waals surface area contributed by atoms with E-state index in [-0.39, 0.29) is 11.6 Å². The van der Waals surface area contributed by atoms with E-state index in [1.165, 1.54) is 0 Å². The smallest absolute Gasteiger partial charge is 0.227 e. The molecule has 1 amide bonds. The summed E-state index contributed by atoms with van der Waals surface area (Å²) in [5, 5.41) is 3.44. The molecule has 0 aromatic rings. The fraction of sp³-hybridized carbons (Fsp3) is 0.900. The zero-order valence-corrected chi connectivity index (χ0v) is 8.63. The van der Waals surface area contributed by atoms with Gasteiger partial charge in [0.25, 0.3) is 0 Å². The highest BCUT2D eigenvalue weighted by Gasteiger charge is 2.47. The van der Waals surface area contributed by atoms with Crippen LogP contribution in [0.3, 0.4) is 0 Å². The molecule has 74 valence electrons. The number of rotatable bonds is 0. The number of hydrogen-bond acceptors (Lipinski definition) is 2. The lowest BCUT2D eigenvalue weighted by molar-refractivity contribution is -0.146. The Labute approximate surface area is 79.5 Å². The van der Waals surface area contributed by atoms with Crippen LogP contribution in [-0.2, 0) is 4.79 Å². The van der Waals surface area contributed by atoms with Gasteiger partial charge in [-0.15, -0.1) is 0 Å². The molecule has 0 aliphatic carbocycles. The minimum Gasteiger partial charge on any atom is -0.321 e. The molecule has 2 fully saturated rings. The molecule has 2 rings (SSSR count). The fourth-order valence-corrected chi connectivity index (χ4v) is 2.56. The van der Waals surface area contributed by atoms with Crippen molar-refractivity contribution in [1.82, 2.24) is 10.2 Å². The lowest BCUT2D eigenvalue weighted by atomic mass is 9.90. The van der Waals surface area contributed by atoms with Gasteiger partial charge >= 0.3 is 0 Å². The summed E-state index contributed by atoms with van der Waals surface area (Å²) in [7, 11) is 0. The van der Waals surface area contributed by atoms with Crippen molar-refractivity contribution in [2.24, 2.45) is 5.92 Å². The Kier molecular flexibility index (Phi) is 1.88. The van der Waals surface area contributed by atoms with Gasteiger partial charge in [-0.1, -0.05) is 6.92 Å². The maximum atomic E-state index is 11.9. The SMILES string of the molecule is CC1CCC2(C)NCC(C)N2C1=O. The van der Waals surface area contributed by atoms with Crippen LogP contribution in [0, 0.1) is 5.92 Å². The van der Waals surface area contributed by atoms with E-state index in [1.807, 2.05) is 11.8 Å². The first-order valence-electron chi connectivity index (χ1n) is 5.13. The minimum atomic E-state index is -0.0526. The van der Waals surface area contributed by atoms with Crippen LogP contribution in [-0.4, -0.2) is 29.1 Å². The average Bonchev–Trinajstić information content (AvgIpc) is 2.38. The minimum absolute atomic E-state index is 0.0526. The van der Waals surface area contributed by atoms with E-state index in [0.717, 1.165) is 19.4 Å². The summed E-state index contributed by atoms with van der Waals surface area (Å²) < 4.78 is 0. The van der Waals surface area contributed by atoms with E-state index in [1.54, 1.807) is 0 Å². The molecule has 3 heteroatoms. The lowest BCUT2D eigenvalue weighted by Gasteiger charge is -2.43. The van der Waals surface area contributed by atoms with Crippen LogP contribution in [0.2, 0.25) is 0 Å². The summed E-state index contributed by atoms with van der Waals surface area (Å²) in [6.45, 7) is 7.23. The van der Waals surface area contributed by atoms with Crippen molar-refractivity contribution in [3.63, 3.8) is 0 Å². The van der Waals surface area contributed by atoms with Crippen molar-refractivity contribution < 1.29 is 4.79 Å². The Bertz CT molecular complexity index is 241. The molecule has 0 aromatic carbocycles. The third kappa shape index (κ3) is 1.17. The van der Waals surface area contributed by atoms with Crippen LogP contribution in [0.4, 0.5) is 0 Å². The molecule has 2 saturated heterocycles. The number of nitrogens with one attached hydrogen (secondary N) is 1. The van der Waals surface area contributed by atoms with Crippen molar-refractivity contribution >= 4 is 5.91 Å². The van der Waals surface area contributed by atoms with E-state index >= 15 is 0 Å². The highest BCUT2D eigenvalue weighted by Crippen LogP contribution is 2.34. The van der Waals surface area contributed by atoms with Gasteiger partial charge in [0.1, 0.15) is 0 Å². The van der Waals surface area contributed by atoms with E-state index in [4.69, 9.17) is 0 Å². The van der Waals surface area contributed by atoms with Crippen molar-refractivity contribution in [2.75, 3.05) is 6.54 Å². The number of hydrogen-bond donors (Lipinski definition) is 1. The molecule has 3 unspecified atom stereocenters. The standard InChI is InChI=1S/C10H18N2O/c1-7-4-5-10(3)11-6-8(2)12(10)9(7)13/h7-8,11H,4-6H2,1-3H3. The van der Waals surface area contributed by atoms with E-state index in [2.05, 4.69) is 19.2 Å². The summed E-state index contributed by atoms with van der Waals surface area (Å²) in [4.78, 5) is 14.0. The van der Waals surface area contributed by atoms with Crippen LogP contribution in [0.1, 0.15) is 33.6 Å². The number of nitrogens with zero attached hydrogens (tertiary/aromatic N) is 1. The zero-order valence-electron chi connectivity index (χ0n) is 8.63. The van der Waals surface area contributed by atoms with E-state index in [0.29, 0.717) is 11.9 Å². The molecular weight excluding hydrogens is 164 g/mol. The van der Waals surface area contributed by atoms with Crippen molar-refractivity contribution in [1.29, 1.82) is 0 Å². The van der Waals surface area contributed by atoms with Gasteiger partial charge in [0.05, 0.1) is 5.66 Å². The average molecular weight is 182 g/mol. The predicted molar refractivity (Wildman–Crippen MR) is 51.1 cm³/mol. The first kappa shape index (κ1) is 9.00. The van der Waals surface area contributed by atoms with Crippen LogP contribution in [0.15, 0.2) is 0 Å². The molecule has 0 saturated carbocycles. The molecule has 2 aliphatic rings. The van der Waals surface area contributed by atoms with Gasteiger partial charge in [0, 0.05) is 18.5 Å². The second-order valence-corrected chi connectivity index (χ2v) is 4.65. The first-order chi connectivity index (χ1) is 6.04. The van der Waals surface area contributed by atoms with Crippen LogP contribution >= 0.6 is 0 Å². The van der Waals surface area contributed by atoms with Gasteiger partial charge in [0.2, 0.25) is 5.91 Å². The monoisotopic (exact) mass is 182 g/mol. The summed E-state index contributed by atoms with van der Waals surface area (Å²) in [6.07, 6.45) is 2.11. The molecule has 2 aliphatic heterocycles. The molecule has 3 nitrogen and oxygen atoms in total. The number of carbonyl (C=O) groups is 1. The van der Waals surface area contributed by atoms with Crippen molar-refractivity contribution in [2.45, 2.75) is 45.3 Å². The summed E-state index contributed by atoms with van der Waals surface area (Å²) in [5.74, 6) is 0.543. The van der Waals surface area contributed by atoms with E-state index < -0.39 is 0 Å². The van der Waals surface area contributed by atoms with Crippen molar-refractivity contribution in [3.8, 4) is 0 Å².